The number of aryl methyl sites for hydroxylation is 1. The summed E-state index contributed by atoms with van der Waals surface area (Å²) in [4.78, 5) is 12.5. The van der Waals surface area contributed by atoms with Crippen LogP contribution in [-0.4, -0.2) is 29.2 Å². The SMILES string of the molecule is CCCC1(C(=O)Nc2nnc(C)s2)CCNCC1. The zero-order valence-electron chi connectivity index (χ0n) is 11.0. The standard InChI is InChI=1S/C12H20N4OS/c1-3-4-12(5-7-13-8-6-12)10(17)14-11-16-15-9(2)18-11/h13H,3-8H2,1-2H3,(H,14,16,17). The van der Waals surface area contributed by atoms with Gasteiger partial charge in [0.2, 0.25) is 11.0 Å². The second-order valence-corrected chi connectivity index (χ2v) is 6.04. The number of piperidine rings is 1. The lowest BCUT2D eigenvalue weighted by atomic mass is 9.74. The van der Waals surface area contributed by atoms with Crippen LogP contribution in [0.3, 0.4) is 0 Å². The molecule has 0 aliphatic carbocycles. The normalized spacial score (nSPS) is 18.6. The lowest BCUT2D eigenvalue weighted by Gasteiger charge is -2.35. The summed E-state index contributed by atoms with van der Waals surface area (Å²) in [6, 6.07) is 0. The van der Waals surface area contributed by atoms with Gasteiger partial charge in [0.25, 0.3) is 0 Å². The number of hydrogen-bond acceptors (Lipinski definition) is 5. The number of carbonyl (C=O) groups excluding carboxylic acids is 1. The van der Waals surface area contributed by atoms with Crippen molar-refractivity contribution in [3.05, 3.63) is 5.01 Å². The number of nitrogens with one attached hydrogen (secondary N) is 2. The molecule has 2 heterocycles. The summed E-state index contributed by atoms with van der Waals surface area (Å²) in [6.07, 6.45) is 3.79. The summed E-state index contributed by atoms with van der Waals surface area (Å²) in [6.45, 7) is 5.86. The average Bonchev–Trinajstić information content (AvgIpc) is 2.76. The molecule has 2 rings (SSSR count). The van der Waals surface area contributed by atoms with Gasteiger partial charge in [0.15, 0.2) is 0 Å². The fourth-order valence-electron chi connectivity index (χ4n) is 2.55. The van der Waals surface area contributed by atoms with Crippen molar-refractivity contribution in [2.75, 3.05) is 18.4 Å². The fourth-order valence-corrected chi connectivity index (χ4v) is 3.14. The van der Waals surface area contributed by atoms with Crippen molar-refractivity contribution in [3.8, 4) is 0 Å². The Morgan fingerprint density at radius 1 is 1.44 bits per heavy atom. The maximum Gasteiger partial charge on any atom is 0.232 e. The van der Waals surface area contributed by atoms with E-state index in [0.717, 1.165) is 43.8 Å². The van der Waals surface area contributed by atoms with E-state index in [1.807, 2.05) is 6.92 Å². The van der Waals surface area contributed by atoms with Crippen molar-refractivity contribution in [1.82, 2.24) is 15.5 Å². The minimum Gasteiger partial charge on any atom is -0.317 e. The molecule has 1 fully saturated rings. The molecule has 0 bridgehead atoms. The van der Waals surface area contributed by atoms with Crippen molar-refractivity contribution in [1.29, 1.82) is 0 Å². The van der Waals surface area contributed by atoms with Gasteiger partial charge in [-0.05, 0) is 39.3 Å². The summed E-state index contributed by atoms with van der Waals surface area (Å²) in [7, 11) is 0. The Morgan fingerprint density at radius 3 is 2.72 bits per heavy atom. The Labute approximate surface area is 111 Å². The fraction of sp³-hybridized carbons (Fsp3) is 0.750. The van der Waals surface area contributed by atoms with Crippen molar-refractivity contribution in [2.45, 2.75) is 39.5 Å². The van der Waals surface area contributed by atoms with Gasteiger partial charge in [-0.15, -0.1) is 10.2 Å². The molecule has 0 spiro atoms. The number of rotatable bonds is 4. The Kier molecular flexibility index (Phi) is 4.29. The minimum absolute atomic E-state index is 0.113. The number of aromatic nitrogens is 2. The minimum atomic E-state index is -0.223. The monoisotopic (exact) mass is 268 g/mol. The first-order valence-corrected chi connectivity index (χ1v) is 7.30. The third kappa shape index (κ3) is 2.87. The second-order valence-electron chi connectivity index (χ2n) is 4.86. The molecule has 5 nitrogen and oxygen atoms in total. The Hall–Kier alpha value is -1.01. The molecule has 6 heteroatoms. The molecule has 0 aromatic carbocycles. The zero-order chi connectivity index (χ0) is 13.0. The molecular weight excluding hydrogens is 248 g/mol. The number of carbonyl (C=O) groups is 1. The molecule has 0 atom stereocenters. The smallest absolute Gasteiger partial charge is 0.232 e. The molecule has 0 saturated carbocycles. The molecule has 1 aromatic heterocycles. The Morgan fingerprint density at radius 2 is 2.17 bits per heavy atom. The van der Waals surface area contributed by atoms with Gasteiger partial charge in [-0.1, -0.05) is 24.7 Å². The molecule has 1 aliphatic rings. The van der Waals surface area contributed by atoms with Gasteiger partial charge >= 0.3 is 0 Å². The lowest BCUT2D eigenvalue weighted by molar-refractivity contribution is -0.127. The topological polar surface area (TPSA) is 66.9 Å². The van der Waals surface area contributed by atoms with Crippen LogP contribution in [0.2, 0.25) is 0 Å². The van der Waals surface area contributed by atoms with Crippen LogP contribution < -0.4 is 10.6 Å². The van der Waals surface area contributed by atoms with Gasteiger partial charge in [-0.3, -0.25) is 4.79 Å². The van der Waals surface area contributed by atoms with E-state index in [1.54, 1.807) is 0 Å². The largest absolute Gasteiger partial charge is 0.317 e. The number of amides is 1. The molecule has 1 amide bonds. The molecule has 18 heavy (non-hydrogen) atoms. The predicted octanol–water partition coefficient (Wildman–Crippen LogP) is 1.95. The molecule has 1 aliphatic heterocycles. The van der Waals surface area contributed by atoms with Gasteiger partial charge in [0.05, 0.1) is 5.41 Å². The van der Waals surface area contributed by atoms with Crippen LogP contribution in [0.4, 0.5) is 5.13 Å². The number of hydrogen-bond donors (Lipinski definition) is 2. The molecule has 1 aromatic rings. The Balaban J connectivity index is 2.08. The van der Waals surface area contributed by atoms with E-state index < -0.39 is 0 Å². The van der Waals surface area contributed by atoms with E-state index in [-0.39, 0.29) is 11.3 Å². The first-order valence-electron chi connectivity index (χ1n) is 6.48. The highest BCUT2D eigenvalue weighted by Gasteiger charge is 2.38. The summed E-state index contributed by atoms with van der Waals surface area (Å²) >= 11 is 1.43. The van der Waals surface area contributed by atoms with Gasteiger partial charge in [0, 0.05) is 0 Å². The van der Waals surface area contributed by atoms with Gasteiger partial charge in [0.1, 0.15) is 5.01 Å². The van der Waals surface area contributed by atoms with E-state index in [9.17, 15) is 4.79 Å². The highest BCUT2D eigenvalue weighted by Crippen LogP contribution is 2.35. The summed E-state index contributed by atoms with van der Waals surface area (Å²) in [5, 5.41) is 15.6. The summed E-state index contributed by atoms with van der Waals surface area (Å²) in [5.74, 6) is 0.113. The maximum atomic E-state index is 12.5. The average molecular weight is 268 g/mol. The van der Waals surface area contributed by atoms with Gasteiger partial charge < -0.3 is 10.6 Å². The molecule has 2 N–H and O–H groups in total. The van der Waals surface area contributed by atoms with Crippen LogP contribution in [-0.2, 0) is 4.79 Å². The van der Waals surface area contributed by atoms with Crippen LogP contribution in [0.5, 0.6) is 0 Å². The van der Waals surface area contributed by atoms with Crippen LogP contribution in [0, 0.1) is 12.3 Å². The first-order chi connectivity index (χ1) is 8.66. The third-order valence-corrected chi connectivity index (χ3v) is 4.27. The first kappa shape index (κ1) is 13.4. The van der Waals surface area contributed by atoms with Crippen LogP contribution in [0.25, 0.3) is 0 Å². The van der Waals surface area contributed by atoms with Crippen LogP contribution in [0.1, 0.15) is 37.6 Å². The number of anilines is 1. The quantitative estimate of drug-likeness (QED) is 0.876. The van der Waals surface area contributed by atoms with Crippen molar-refractivity contribution >= 4 is 22.4 Å². The Bertz CT molecular complexity index is 406. The summed E-state index contributed by atoms with van der Waals surface area (Å²) < 4.78 is 0. The third-order valence-electron chi connectivity index (χ3n) is 3.52. The highest BCUT2D eigenvalue weighted by atomic mass is 32.1. The highest BCUT2D eigenvalue weighted by molar-refractivity contribution is 7.15. The molecular formula is C12H20N4OS. The van der Waals surface area contributed by atoms with E-state index in [2.05, 4.69) is 27.8 Å². The van der Waals surface area contributed by atoms with Crippen LogP contribution in [0.15, 0.2) is 0 Å². The van der Waals surface area contributed by atoms with E-state index in [0.29, 0.717) is 5.13 Å². The van der Waals surface area contributed by atoms with E-state index >= 15 is 0 Å². The van der Waals surface area contributed by atoms with E-state index in [1.165, 1.54) is 11.3 Å². The lowest BCUT2D eigenvalue weighted by Crippen LogP contribution is -2.44. The molecule has 0 radical (unpaired) electrons. The number of nitrogens with zero attached hydrogens (tertiary/aromatic N) is 2. The molecule has 1 saturated heterocycles. The summed E-state index contributed by atoms with van der Waals surface area (Å²) in [5.41, 5.74) is -0.223. The van der Waals surface area contributed by atoms with Crippen molar-refractivity contribution < 1.29 is 4.79 Å². The van der Waals surface area contributed by atoms with Gasteiger partial charge in [-0.2, -0.15) is 0 Å². The maximum absolute atomic E-state index is 12.5. The second kappa shape index (κ2) is 5.75. The van der Waals surface area contributed by atoms with E-state index in [4.69, 9.17) is 0 Å². The zero-order valence-corrected chi connectivity index (χ0v) is 11.8. The van der Waals surface area contributed by atoms with Crippen LogP contribution >= 0.6 is 11.3 Å². The van der Waals surface area contributed by atoms with Gasteiger partial charge in [-0.25, -0.2) is 0 Å². The molecule has 100 valence electrons. The van der Waals surface area contributed by atoms with Crippen molar-refractivity contribution in [3.63, 3.8) is 0 Å². The predicted molar refractivity (Wildman–Crippen MR) is 72.7 cm³/mol. The van der Waals surface area contributed by atoms with Crippen molar-refractivity contribution in [2.24, 2.45) is 5.41 Å². The molecule has 0 unspecified atom stereocenters.